The van der Waals surface area contributed by atoms with E-state index in [0.717, 1.165) is 15.7 Å². The summed E-state index contributed by atoms with van der Waals surface area (Å²) < 4.78 is 0. The molecule has 0 aliphatic heterocycles. The highest BCUT2D eigenvalue weighted by atomic mass is 35.5. The third-order valence-electron chi connectivity index (χ3n) is 2.18. The largest absolute Gasteiger partial charge is 0.340 e. The number of benzene rings is 1. The second-order valence-electron chi connectivity index (χ2n) is 3.29. The molecule has 84 valence electrons. The van der Waals surface area contributed by atoms with E-state index in [2.05, 4.69) is 9.97 Å². The Morgan fingerprint density at radius 2 is 2.12 bits per heavy atom. The van der Waals surface area contributed by atoms with Gasteiger partial charge in [0.2, 0.25) is 0 Å². The van der Waals surface area contributed by atoms with E-state index in [-0.39, 0.29) is 5.25 Å². The minimum Gasteiger partial charge on any atom is -0.340 e. The van der Waals surface area contributed by atoms with Gasteiger partial charge in [0, 0.05) is 29.2 Å². The third kappa shape index (κ3) is 2.78. The van der Waals surface area contributed by atoms with Gasteiger partial charge in [-0.05, 0) is 17.7 Å². The summed E-state index contributed by atoms with van der Waals surface area (Å²) in [5, 5.41) is 1.82. The molecular formula is C11H12ClN3S. The van der Waals surface area contributed by atoms with Crippen molar-refractivity contribution in [2.45, 2.75) is 10.4 Å². The van der Waals surface area contributed by atoms with Gasteiger partial charge in [0.25, 0.3) is 0 Å². The number of nitrogens with two attached hydrogens (primary N) is 1. The molecule has 16 heavy (non-hydrogen) atoms. The van der Waals surface area contributed by atoms with E-state index in [1.165, 1.54) is 0 Å². The molecule has 3 N–H and O–H groups in total. The molecule has 0 spiro atoms. The molecule has 1 unspecified atom stereocenters. The topological polar surface area (TPSA) is 54.7 Å². The number of nitrogens with zero attached hydrogens (tertiary/aromatic N) is 1. The number of rotatable bonds is 4. The van der Waals surface area contributed by atoms with Crippen LogP contribution in [-0.4, -0.2) is 16.5 Å². The highest BCUT2D eigenvalue weighted by Gasteiger charge is 2.12. The van der Waals surface area contributed by atoms with Crippen LogP contribution < -0.4 is 5.73 Å². The number of H-pyrrole nitrogens is 1. The summed E-state index contributed by atoms with van der Waals surface area (Å²) in [6.45, 7) is 0.562. The number of imidazole rings is 1. The van der Waals surface area contributed by atoms with Crippen LogP contribution in [0.5, 0.6) is 0 Å². The Kier molecular flexibility index (Phi) is 3.88. The fourth-order valence-electron chi connectivity index (χ4n) is 1.38. The second-order valence-corrected chi connectivity index (χ2v) is 4.92. The normalized spacial score (nSPS) is 12.6. The first kappa shape index (κ1) is 11.5. The lowest BCUT2D eigenvalue weighted by atomic mass is 10.1. The quantitative estimate of drug-likeness (QED) is 0.824. The van der Waals surface area contributed by atoms with E-state index < -0.39 is 0 Å². The maximum Gasteiger partial charge on any atom is 0.165 e. The van der Waals surface area contributed by atoms with Crippen LogP contribution in [0.25, 0.3) is 0 Å². The number of halogens is 1. The van der Waals surface area contributed by atoms with Gasteiger partial charge in [-0.25, -0.2) is 4.98 Å². The Morgan fingerprint density at radius 1 is 1.38 bits per heavy atom. The van der Waals surface area contributed by atoms with Gasteiger partial charge in [0.1, 0.15) is 0 Å². The lowest BCUT2D eigenvalue weighted by molar-refractivity contribution is 0.927. The molecule has 0 bridgehead atoms. The van der Waals surface area contributed by atoms with Gasteiger partial charge in [0.15, 0.2) is 5.16 Å². The van der Waals surface area contributed by atoms with E-state index in [0.29, 0.717) is 6.54 Å². The lowest BCUT2D eigenvalue weighted by Gasteiger charge is -2.13. The maximum absolute atomic E-state index is 5.85. The smallest absolute Gasteiger partial charge is 0.165 e. The molecule has 0 aliphatic carbocycles. The first-order valence-electron chi connectivity index (χ1n) is 4.91. The average molecular weight is 254 g/mol. The summed E-state index contributed by atoms with van der Waals surface area (Å²) in [4.78, 5) is 7.23. The number of hydrogen-bond donors (Lipinski definition) is 2. The van der Waals surface area contributed by atoms with Gasteiger partial charge < -0.3 is 10.7 Å². The van der Waals surface area contributed by atoms with Crippen LogP contribution in [0.2, 0.25) is 5.02 Å². The van der Waals surface area contributed by atoms with Crippen molar-refractivity contribution in [2.24, 2.45) is 5.73 Å². The van der Waals surface area contributed by atoms with Crippen LogP contribution in [0.15, 0.2) is 41.8 Å². The van der Waals surface area contributed by atoms with Crippen molar-refractivity contribution in [3.05, 3.63) is 47.2 Å². The van der Waals surface area contributed by atoms with E-state index in [4.69, 9.17) is 17.3 Å². The van der Waals surface area contributed by atoms with Crippen molar-refractivity contribution < 1.29 is 0 Å². The van der Waals surface area contributed by atoms with Crippen LogP contribution in [-0.2, 0) is 0 Å². The second kappa shape index (κ2) is 5.39. The van der Waals surface area contributed by atoms with Gasteiger partial charge in [-0.2, -0.15) is 0 Å². The molecule has 0 amide bonds. The van der Waals surface area contributed by atoms with Crippen LogP contribution >= 0.6 is 23.4 Å². The highest BCUT2D eigenvalue weighted by molar-refractivity contribution is 7.99. The monoisotopic (exact) mass is 253 g/mol. The van der Waals surface area contributed by atoms with Crippen LogP contribution in [0, 0.1) is 0 Å². The molecule has 1 atom stereocenters. The van der Waals surface area contributed by atoms with Crippen molar-refractivity contribution in [1.29, 1.82) is 0 Å². The molecule has 2 rings (SSSR count). The number of nitrogens with one attached hydrogen (secondary N) is 1. The Bertz CT molecular complexity index is 427. The predicted octanol–water partition coefficient (Wildman–Crippen LogP) is 2.86. The van der Waals surface area contributed by atoms with Gasteiger partial charge in [-0.15, -0.1) is 0 Å². The molecule has 1 aromatic heterocycles. The van der Waals surface area contributed by atoms with Crippen molar-refractivity contribution in [2.75, 3.05) is 6.54 Å². The predicted molar refractivity (Wildman–Crippen MR) is 67.7 cm³/mol. The third-order valence-corrected chi connectivity index (χ3v) is 3.63. The molecule has 2 aromatic rings. The highest BCUT2D eigenvalue weighted by Crippen LogP contribution is 2.32. The van der Waals surface area contributed by atoms with Gasteiger partial charge in [-0.3, -0.25) is 0 Å². The number of thioether (sulfide) groups is 1. The summed E-state index contributed by atoms with van der Waals surface area (Å²) in [6, 6.07) is 7.75. The van der Waals surface area contributed by atoms with E-state index in [1.54, 1.807) is 24.2 Å². The number of hydrogen-bond acceptors (Lipinski definition) is 3. The standard InChI is InChI=1S/C11H12ClN3S/c12-9-3-1-8(2-4-9)10(7-13)16-11-14-5-6-15-11/h1-6,10H,7,13H2,(H,14,15). The SMILES string of the molecule is NCC(Sc1ncc[nH]1)c1ccc(Cl)cc1. The Balaban J connectivity index is 2.13. The van der Waals surface area contributed by atoms with Crippen LogP contribution in [0.4, 0.5) is 0 Å². The zero-order chi connectivity index (χ0) is 11.4. The Labute approximate surface area is 103 Å². The molecule has 1 heterocycles. The Morgan fingerprint density at radius 3 is 2.69 bits per heavy atom. The zero-order valence-electron chi connectivity index (χ0n) is 8.56. The number of aromatic amines is 1. The fraction of sp³-hybridized carbons (Fsp3) is 0.182. The van der Waals surface area contributed by atoms with Gasteiger partial charge in [0.05, 0.1) is 0 Å². The van der Waals surface area contributed by atoms with E-state index in [1.807, 2.05) is 24.3 Å². The summed E-state index contributed by atoms with van der Waals surface area (Å²) in [6.07, 6.45) is 3.54. The first-order valence-corrected chi connectivity index (χ1v) is 6.17. The fourth-order valence-corrected chi connectivity index (χ4v) is 2.42. The van der Waals surface area contributed by atoms with E-state index in [9.17, 15) is 0 Å². The summed E-state index contributed by atoms with van der Waals surface area (Å²) >= 11 is 7.47. The molecule has 0 fully saturated rings. The van der Waals surface area contributed by atoms with Crippen LogP contribution in [0.3, 0.4) is 0 Å². The maximum atomic E-state index is 5.85. The van der Waals surface area contributed by atoms with Crippen molar-refractivity contribution in [3.8, 4) is 0 Å². The first-order chi connectivity index (χ1) is 7.79. The van der Waals surface area contributed by atoms with Gasteiger partial charge in [-0.1, -0.05) is 35.5 Å². The van der Waals surface area contributed by atoms with Crippen molar-refractivity contribution >= 4 is 23.4 Å². The van der Waals surface area contributed by atoms with Crippen LogP contribution in [0.1, 0.15) is 10.8 Å². The summed E-state index contributed by atoms with van der Waals surface area (Å²) in [5.74, 6) is 0. The minimum absolute atomic E-state index is 0.198. The molecule has 0 saturated heterocycles. The number of aromatic nitrogens is 2. The molecule has 3 nitrogen and oxygen atoms in total. The molecule has 5 heteroatoms. The zero-order valence-corrected chi connectivity index (χ0v) is 10.1. The Hall–Kier alpha value is -0.970. The average Bonchev–Trinajstić information content (AvgIpc) is 2.80. The molecular weight excluding hydrogens is 242 g/mol. The molecule has 0 aliphatic rings. The summed E-state index contributed by atoms with van der Waals surface area (Å²) in [7, 11) is 0. The summed E-state index contributed by atoms with van der Waals surface area (Å²) in [5.41, 5.74) is 6.92. The minimum atomic E-state index is 0.198. The van der Waals surface area contributed by atoms with Crippen molar-refractivity contribution in [1.82, 2.24) is 9.97 Å². The van der Waals surface area contributed by atoms with E-state index >= 15 is 0 Å². The molecule has 0 radical (unpaired) electrons. The lowest BCUT2D eigenvalue weighted by Crippen LogP contribution is -2.09. The van der Waals surface area contributed by atoms with Crippen molar-refractivity contribution in [3.63, 3.8) is 0 Å². The van der Waals surface area contributed by atoms with Gasteiger partial charge >= 0.3 is 0 Å². The molecule has 1 aromatic carbocycles. The molecule has 0 saturated carbocycles.